The maximum atomic E-state index is 12.2. The minimum atomic E-state index is -0.392. The van der Waals surface area contributed by atoms with Crippen molar-refractivity contribution in [3.8, 4) is 0 Å². The molecule has 0 radical (unpaired) electrons. The third-order valence-corrected chi connectivity index (χ3v) is 3.00. The summed E-state index contributed by atoms with van der Waals surface area (Å²) in [7, 11) is 1.33. The summed E-state index contributed by atoms with van der Waals surface area (Å²) in [5, 5.41) is 0. The molecule has 110 valence electrons. The number of benzene rings is 1. The van der Waals surface area contributed by atoms with Crippen LogP contribution in [0.3, 0.4) is 0 Å². The van der Waals surface area contributed by atoms with E-state index in [0.29, 0.717) is 17.7 Å². The lowest BCUT2D eigenvalue weighted by atomic mass is 9.81. The molecule has 0 aliphatic heterocycles. The van der Waals surface area contributed by atoms with Crippen LogP contribution >= 0.6 is 0 Å². The molecule has 4 heteroatoms. The molecule has 0 amide bonds. The van der Waals surface area contributed by atoms with E-state index < -0.39 is 5.97 Å². The highest BCUT2D eigenvalue weighted by Gasteiger charge is 2.26. The quantitative estimate of drug-likeness (QED) is 0.795. The van der Waals surface area contributed by atoms with Gasteiger partial charge in [0.1, 0.15) is 0 Å². The standard InChI is InChI=1S/C16H22O4/c1-6-20-15(18)14-11(10-13(17)19-5)8-7-9-12(14)16(2,3)4/h7-9H,6,10H2,1-5H3. The number of carbonyl (C=O) groups is 2. The third-order valence-electron chi connectivity index (χ3n) is 3.00. The zero-order valence-corrected chi connectivity index (χ0v) is 12.8. The van der Waals surface area contributed by atoms with Gasteiger partial charge in [-0.15, -0.1) is 0 Å². The highest BCUT2D eigenvalue weighted by molar-refractivity contribution is 5.94. The topological polar surface area (TPSA) is 52.6 Å². The molecule has 0 spiro atoms. The maximum absolute atomic E-state index is 12.2. The summed E-state index contributed by atoms with van der Waals surface area (Å²) in [6.07, 6.45) is 0.0641. The van der Waals surface area contributed by atoms with Crippen LogP contribution in [0.15, 0.2) is 18.2 Å². The Hall–Kier alpha value is -1.84. The van der Waals surface area contributed by atoms with Crippen LogP contribution in [0.5, 0.6) is 0 Å². The lowest BCUT2D eigenvalue weighted by Crippen LogP contribution is -2.21. The van der Waals surface area contributed by atoms with Gasteiger partial charge in [0.15, 0.2) is 0 Å². The van der Waals surface area contributed by atoms with Crippen LogP contribution in [0.4, 0.5) is 0 Å². The molecule has 0 N–H and O–H groups in total. The van der Waals surface area contributed by atoms with Crippen LogP contribution in [-0.4, -0.2) is 25.7 Å². The van der Waals surface area contributed by atoms with E-state index in [4.69, 9.17) is 4.74 Å². The fourth-order valence-corrected chi connectivity index (χ4v) is 2.04. The van der Waals surface area contributed by atoms with E-state index in [-0.39, 0.29) is 17.8 Å². The minimum absolute atomic E-state index is 0.0641. The first-order valence-corrected chi connectivity index (χ1v) is 6.67. The van der Waals surface area contributed by atoms with Crippen molar-refractivity contribution in [3.63, 3.8) is 0 Å². The Morgan fingerprint density at radius 1 is 1.20 bits per heavy atom. The average Bonchev–Trinajstić information content (AvgIpc) is 2.37. The molecule has 1 rings (SSSR count). The lowest BCUT2D eigenvalue weighted by molar-refractivity contribution is -0.139. The molecule has 0 heterocycles. The molecular weight excluding hydrogens is 256 g/mol. The van der Waals surface area contributed by atoms with Crippen LogP contribution in [0, 0.1) is 0 Å². The van der Waals surface area contributed by atoms with Crippen molar-refractivity contribution >= 4 is 11.9 Å². The monoisotopic (exact) mass is 278 g/mol. The highest BCUT2D eigenvalue weighted by atomic mass is 16.5. The number of rotatable bonds is 4. The predicted octanol–water partition coefficient (Wildman–Crippen LogP) is 2.88. The minimum Gasteiger partial charge on any atom is -0.469 e. The van der Waals surface area contributed by atoms with Gasteiger partial charge < -0.3 is 9.47 Å². The summed E-state index contributed by atoms with van der Waals surface area (Å²) < 4.78 is 9.81. The van der Waals surface area contributed by atoms with Crippen molar-refractivity contribution in [1.29, 1.82) is 0 Å². The summed E-state index contributed by atoms with van der Waals surface area (Å²) >= 11 is 0. The smallest absolute Gasteiger partial charge is 0.338 e. The van der Waals surface area contributed by atoms with E-state index in [1.165, 1.54) is 7.11 Å². The van der Waals surface area contributed by atoms with Crippen LogP contribution in [-0.2, 0) is 26.1 Å². The van der Waals surface area contributed by atoms with E-state index in [9.17, 15) is 9.59 Å². The Morgan fingerprint density at radius 2 is 1.85 bits per heavy atom. The van der Waals surface area contributed by atoms with Gasteiger partial charge in [-0.05, 0) is 23.5 Å². The van der Waals surface area contributed by atoms with Crippen LogP contribution in [0.25, 0.3) is 0 Å². The molecule has 0 fully saturated rings. The molecular formula is C16H22O4. The van der Waals surface area contributed by atoms with Crippen molar-refractivity contribution in [3.05, 3.63) is 34.9 Å². The van der Waals surface area contributed by atoms with E-state index >= 15 is 0 Å². The van der Waals surface area contributed by atoms with E-state index in [0.717, 1.165) is 5.56 Å². The number of ether oxygens (including phenoxy) is 2. The first kappa shape index (κ1) is 16.2. The van der Waals surface area contributed by atoms with Crippen molar-refractivity contribution in [2.75, 3.05) is 13.7 Å². The summed E-state index contributed by atoms with van der Waals surface area (Å²) in [4.78, 5) is 23.7. The fraction of sp³-hybridized carbons (Fsp3) is 0.500. The maximum Gasteiger partial charge on any atom is 0.338 e. The number of esters is 2. The van der Waals surface area contributed by atoms with E-state index in [2.05, 4.69) is 4.74 Å². The summed E-state index contributed by atoms with van der Waals surface area (Å²) in [5.41, 5.74) is 1.78. The number of hydrogen-bond donors (Lipinski definition) is 0. The summed E-state index contributed by atoms with van der Waals surface area (Å²) in [5.74, 6) is -0.765. The van der Waals surface area contributed by atoms with Crippen molar-refractivity contribution in [2.45, 2.75) is 39.5 Å². The number of hydrogen-bond acceptors (Lipinski definition) is 4. The Kier molecular flexibility index (Phi) is 5.31. The fourth-order valence-electron chi connectivity index (χ4n) is 2.04. The van der Waals surface area contributed by atoms with E-state index in [1.807, 2.05) is 32.9 Å². The molecule has 0 aliphatic rings. The molecule has 1 aromatic rings. The number of carbonyl (C=O) groups excluding carboxylic acids is 2. The highest BCUT2D eigenvalue weighted by Crippen LogP contribution is 2.29. The summed E-state index contributed by atoms with van der Waals surface area (Å²) in [6.45, 7) is 8.12. The zero-order valence-electron chi connectivity index (χ0n) is 12.8. The van der Waals surface area contributed by atoms with Crippen molar-refractivity contribution in [2.24, 2.45) is 0 Å². The van der Waals surface area contributed by atoms with Gasteiger partial charge in [0.05, 0.1) is 25.7 Å². The Morgan fingerprint density at radius 3 is 2.35 bits per heavy atom. The largest absolute Gasteiger partial charge is 0.469 e. The van der Waals surface area contributed by atoms with Gasteiger partial charge in [-0.3, -0.25) is 4.79 Å². The molecule has 4 nitrogen and oxygen atoms in total. The second kappa shape index (κ2) is 6.55. The SMILES string of the molecule is CCOC(=O)c1c(CC(=O)OC)cccc1C(C)(C)C. The van der Waals surface area contributed by atoms with Gasteiger partial charge in [0.25, 0.3) is 0 Å². The van der Waals surface area contributed by atoms with Gasteiger partial charge in [0, 0.05) is 0 Å². The van der Waals surface area contributed by atoms with Gasteiger partial charge in [-0.2, -0.15) is 0 Å². The zero-order chi connectivity index (χ0) is 15.3. The second-order valence-electron chi connectivity index (χ2n) is 5.56. The van der Waals surface area contributed by atoms with Gasteiger partial charge in [0.2, 0.25) is 0 Å². The molecule has 0 unspecified atom stereocenters. The van der Waals surface area contributed by atoms with Crippen LogP contribution in [0.1, 0.15) is 49.2 Å². The molecule has 0 aliphatic carbocycles. The molecule has 20 heavy (non-hydrogen) atoms. The van der Waals surface area contributed by atoms with Gasteiger partial charge in [-0.1, -0.05) is 39.0 Å². The van der Waals surface area contributed by atoms with E-state index in [1.54, 1.807) is 13.0 Å². The first-order valence-electron chi connectivity index (χ1n) is 6.67. The normalized spacial score (nSPS) is 11.1. The first-order chi connectivity index (χ1) is 9.31. The Balaban J connectivity index is 3.36. The Bertz CT molecular complexity index is 498. The van der Waals surface area contributed by atoms with Gasteiger partial charge in [-0.25, -0.2) is 4.79 Å². The Labute approximate surface area is 120 Å². The number of methoxy groups -OCH3 is 1. The van der Waals surface area contributed by atoms with Crippen LogP contribution < -0.4 is 0 Å². The molecule has 1 aromatic carbocycles. The van der Waals surface area contributed by atoms with Crippen molar-refractivity contribution in [1.82, 2.24) is 0 Å². The third kappa shape index (κ3) is 3.83. The van der Waals surface area contributed by atoms with Crippen molar-refractivity contribution < 1.29 is 19.1 Å². The second-order valence-corrected chi connectivity index (χ2v) is 5.56. The molecule has 0 saturated heterocycles. The van der Waals surface area contributed by atoms with Crippen LogP contribution in [0.2, 0.25) is 0 Å². The molecule has 0 bridgehead atoms. The summed E-state index contributed by atoms with van der Waals surface area (Å²) in [6, 6.07) is 5.51. The molecule has 0 saturated carbocycles. The molecule has 0 aromatic heterocycles. The molecule has 0 atom stereocenters. The van der Waals surface area contributed by atoms with Gasteiger partial charge >= 0.3 is 11.9 Å². The lowest BCUT2D eigenvalue weighted by Gasteiger charge is -2.23. The average molecular weight is 278 g/mol. The predicted molar refractivity (Wildman–Crippen MR) is 76.8 cm³/mol.